The molecule has 1 aliphatic carbocycles. The second-order valence-corrected chi connectivity index (χ2v) is 6.00. The molecule has 2 heterocycles. The van der Waals surface area contributed by atoms with E-state index in [-0.39, 0.29) is 5.91 Å². The molecule has 0 unspecified atom stereocenters. The van der Waals surface area contributed by atoms with Gasteiger partial charge >= 0.3 is 0 Å². The fraction of sp³-hybridized carbons (Fsp3) is 0.733. The third kappa shape index (κ3) is 3.39. The van der Waals surface area contributed by atoms with E-state index in [0.717, 1.165) is 38.3 Å². The Morgan fingerprint density at radius 3 is 2.85 bits per heavy atom. The van der Waals surface area contributed by atoms with Crippen molar-refractivity contribution in [2.24, 2.45) is 0 Å². The maximum Gasteiger partial charge on any atom is 0.234 e. The molecule has 1 aromatic rings. The molecule has 1 aliphatic heterocycles. The summed E-state index contributed by atoms with van der Waals surface area (Å²) in [6.45, 7) is 3.15. The van der Waals surface area contributed by atoms with Crippen molar-refractivity contribution in [3.05, 3.63) is 18.2 Å². The number of carbonyl (C=O) groups is 1. The summed E-state index contributed by atoms with van der Waals surface area (Å²) in [5.74, 6) is 1.25. The lowest BCUT2D eigenvalue weighted by Gasteiger charge is -2.27. The predicted octanol–water partition coefficient (Wildman–Crippen LogP) is 1.54. The van der Waals surface area contributed by atoms with Crippen LogP contribution in [0, 0.1) is 0 Å². The van der Waals surface area contributed by atoms with Crippen molar-refractivity contribution in [1.82, 2.24) is 19.8 Å². The van der Waals surface area contributed by atoms with Crippen LogP contribution >= 0.6 is 0 Å². The number of nitrogens with one attached hydrogen (secondary N) is 1. The van der Waals surface area contributed by atoms with Crippen LogP contribution in [-0.2, 0) is 17.9 Å². The molecule has 1 amide bonds. The normalized spacial score (nSPS) is 21.2. The number of aromatic nitrogens is 2. The Morgan fingerprint density at radius 2 is 2.05 bits per heavy atom. The minimum atomic E-state index is 0.178. The summed E-state index contributed by atoms with van der Waals surface area (Å²) in [7, 11) is 0. The Hall–Kier alpha value is -1.36. The monoisotopic (exact) mass is 276 g/mol. The number of rotatable bonds is 3. The number of nitrogens with zero attached hydrogens (tertiary/aromatic N) is 3. The third-order valence-electron chi connectivity index (χ3n) is 4.41. The second-order valence-electron chi connectivity index (χ2n) is 6.00. The first-order valence-corrected chi connectivity index (χ1v) is 7.83. The standard InChI is InChI=1S/C15H24N4O/c20-15(17-13-5-3-1-2-4-6-13)12-18-9-10-19-8-7-16-14(19)11-18/h7-8,13H,1-6,9-12H2,(H,17,20). The van der Waals surface area contributed by atoms with Gasteiger partial charge in [-0.3, -0.25) is 9.69 Å². The molecule has 0 spiro atoms. The number of hydrogen-bond donors (Lipinski definition) is 1. The van der Waals surface area contributed by atoms with Crippen LogP contribution in [0.25, 0.3) is 0 Å². The molecule has 1 aromatic heterocycles. The zero-order chi connectivity index (χ0) is 13.8. The Labute approximate surface area is 120 Å². The molecule has 1 saturated carbocycles. The highest BCUT2D eigenvalue weighted by atomic mass is 16.2. The fourth-order valence-corrected chi connectivity index (χ4v) is 3.26. The molecule has 0 atom stereocenters. The number of hydrogen-bond acceptors (Lipinski definition) is 3. The van der Waals surface area contributed by atoms with Gasteiger partial charge in [-0.15, -0.1) is 0 Å². The lowest BCUT2D eigenvalue weighted by atomic mass is 10.1. The topological polar surface area (TPSA) is 50.2 Å². The van der Waals surface area contributed by atoms with E-state index in [0.29, 0.717) is 12.6 Å². The average Bonchev–Trinajstić information content (AvgIpc) is 2.75. The van der Waals surface area contributed by atoms with Gasteiger partial charge in [0.25, 0.3) is 0 Å². The van der Waals surface area contributed by atoms with E-state index in [1.165, 1.54) is 25.7 Å². The molecular weight excluding hydrogens is 252 g/mol. The van der Waals surface area contributed by atoms with Crippen molar-refractivity contribution >= 4 is 5.91 Å². The Morgan fingerprint density at radius 1 is 1.25 bits per heavy atom. The van der Waals surface area contributed by atoms with Crippen molar-refractivity contribution in [2.45, 2.75) is 57.7 Å². The first-order chi connectivity index (χ1) is 9.81. The van der Waals surface area contributed by atoms with Crippen LogP contribution in [0.15, 0.2) is 12.4 Å². The lowest BCUT2D eigenvalue weighted by Crippen LogP contribution is -2.44. The number of imidazole rings is 1. The smallest absolute Gasteiger partial charge is 0.234 e. The van der Waals surface area contributed by atoms with E-state index in [2.05, 4.69) is 19.8 Å². The summed E-state index contributed by atoms with van der Waals surface area (Å²) in [5, 5.41) is 3.22. The van der Waals surface area contributed by atoms with Gasteiger partial charge < -0.3 is 9.88 Å². The molecule has 1 fully saturated rings. The van der Waals surface area contributed by atoms with Gasteiger partial charge in [-0.1, -0.05) is 25.7 Å². The van der Waals surface area contributed by atoms with E-state index >= 15 is 0 Å². The van der Waals surface area contributed by atoms with Gasteiger partial charge in [0.15, 0.2) is 0 Å². The Kier molecular flexibility index (Phi) is 4.35. The minimum absolute atomic E-state index is 0.178. The van der Waals surface area contributed by atoms with Gasteiger partial charge in [-0.05, 0) is 12.8 Å². The van der Waals surface area contributed by atoms with Gasteiger partial charge in [0, 0.05) is 31.5 Å². The molecule has 5 heteroatoms. The summed E-state index contributed by atoms with van der Waals surface area (Å²) in [4.78, 5) is 18.7. The molecule has 5 nitrogen and oxygen atoms in total. The van der Waals surface area contributed by atoms with E-state index in [9.17, 15) is 4.79 Å². The summed E-state index contributed by atoms with van der Waals surface area (Å²) >= 11 is 0. The quantitative estimate of drug-likeness (QED) is 0.852. The van der Waals surface area contributed by atoms with Crippen molar-refractivity contribution in [3.63, 3.8) is 0 Å². The van der Waals surface area contributed by atoms with Crippen LogP contribution < -0.4 is 5.32 Å². The van der Waals surface area contributed by atoms with E-state index in [4.69, 9.17) is 0 Å². The molecule has 0 aromatic carbocycles. The van der Waals surface area contributed by atoms with Crippen molar-refractivity contribution in [3.8, 4) is 0 Å². The van der Waals surface area contributed by atoms with Crippen LogP contribution in [0.3, 0.4) is 0 Å². The maximum atomic E-state index is 12.2. The van der Waals surface area contributed by atoms with Gasteiger partial charge in [0.05, 0.1) is 13.1 Å². The van der Waals surface area contributed by atoms with Crippen molar-refractivity contribution in [2.75, 3.05) is 13.1 Å². The highest BCUT2D eigenvalue weighted by Crippen LogP contribution is 2.17. The summed E-state index contributed by atoms with van der Waals surface area (Å²) < 4.78 is 2.17. The summed E-state index contributed by atoms with van der Waals surface area (Å²) in [6, 6.07) is 0.400. The SMILES string of the molecule is O=C(CN1CCn2ccnc2C1)NC1CCCCCC1. The Bertz CT molecular complexity index is 448. The number of carbonyl (C=O) groups excluding carboxylic acids is 1. The number of amides is 1. The van der Waals surface area contributed by atoms with Crippen LogP contribution in [0.4, 0.5) is 0 Å². The minimum Gasteiger partial charge on any atom is -0.352 e. The van der Waals surface area contributed by atoms with Crippen LogP contribution in [-0.4, -0.2) is 39.5 Å². The van der Waals surface area contributed by atoms with Crippen LogP contribution in [0.5, 0.6) is 0 Å². The lowest BCUT2D eigenvalue weighted by molar-refractivity contribution is -0.123. The molecule has 20 heavy (non-hydrogen) atoms. The Balaban J connectivity index is 1.47. The zero-order valence-electron chi connectivity index (χ0n) is 12.1. The molecule has 3 rings (SSSR count). The van der Waals surface area contributed by atoms with E-state index < -0.39 is 0 Å². The molecule has 110 valence electrons. The second kappa shape index (κ2) is 6.39. The van der Waals surface area contributed by atoms with Crippen molar-refractivity contribution < 1.29 is 4.79 Å². The predicted molar refractivity (Wildman–Crippen MR) is 77.1 cm³/mol. The molecule has 0 radical (unpaired) electrons. The highest BCUT2D eigenvalue weighted by Gasteiger charge is 2.20. The van der Waals surface area contributed by atoms with Gasteiger partial charge in [-0.25, -0.2) is 4.98 Å². The summed E-state index contributed by atoms with van der Waals surface area (Å²) in [6.07, 6.45) is 11.3. The van der Waals surface area contributed by atoms with E-state index in [1.807, 2.05) is 12.4 Å². The zero-order valence-corrected chi connectivity index (χ0v) is 12.1. The fourth-order valence-electron chi connectivity index (χ4n) is 3.26. The first-order valence-electron chi connectivity index (χ1n) is 7.83. The highest BCUT2D eigenvalue weighted by molar-refractivity contribution is 5.78. The van der Waals surface area contributed by atoms with Gasteiger partial charge in [-0.2, -0.15) is 0 Å². The maximum absolute atomic E-state index is 12.2. The van der Waals surface area contributed by atoms with Crippen LogP contribution in [0.1, 0.15) is 44.3 Å². The number of fused-ring (bicyclic) bond motifs is 1. The third-order valence-corrected chi connectivity index (χ3v) is 4.41. The average molecular weight is 276 g/mol. The van der Waals surface area contributed by atoms with Gasteiger partial charge in [0.1, 0.15) is 5.82 Å². The molecule has 0 saturated heterocycles. The first kappa shape index (κ1) is 13.6. The molecule has 0 bridgehead atoms. The molecule has 2 aliphatic rings. The molecule has 1 N–H and O–H groups in total. The van der Waals surface area contributed by atoms with Crippen molar-refractivity contribution in [1.29, 1.82) is 0 Å². The van der Waals surface area contributed by atoms with Crippen LogP contribution in [0.2, 0.25) is 0 Å². The van der Waals surface area contributed by atoms with Gasteiger partial charge in [0.2, 0.25) is 5.91 Å². The summed E-state index contributed by atoms with van der Waals surface area (Å²) in [5.41, 5.74) is 0. The molecular formula is C15H24N4O. The largest absolute Gasteiger partial charge is 0.352 e. The van der Waals surface area contributed by atoms with E-state index in [1.54, 1.807) is 0 Å².